The number of nitrogens with zero attached hydrogens (tertiary/aromatic N) is 2. The summed E-state index contributed by atoms with van der Waals surface area (Å²) < 4.78 is 2.08. The summed E-state index contributed by atoms with van der Waals surface area (Å²) in [4.78, 5) is 4.55. The third-order valence-corrected chi connectivity index (χ3v) is 3.80. The summed E-state index contributed by atoms with van der Waals surface area (Å²) in [5.74, 6) is 1.08. The highest BCUT2D eigenvalue weighted by molar-refractivity contribution is 7.99. The first-order chi connectivity index (χ1) is 7.36. The number of thioether (sulfide) groups is 1. The maximum atomic E-state index is 6.29. The van der Waals surface area contributed by atoms with E-state index in [9.17, 15) is 0 Å². The summed E-state index contributed by atoms with van der Waals surface area (Å²) in [5.41, 5.74) is 1.99. The van der Waals surface area contributed by atoms with Gasteiger partial charge in [-0.1, -0.05) is 53.7 Å². The normalized spacial score (nSPS) is 14.2. The van der Waals surface area contributed by atoms with Crippen molar-refractivity contribution in [1.82, 2.24) is 9.55 Å². The van der Waals surface area contributed by atoms with E-state index in [1.807, 2.05) is 30.3 Å². The second-order valence-electron chi connectivity index (χ2n) is 3.40. The van der Waals surface area contributed by atoms with Crippen LogP contribution in [-0.2, 0) is 6.54 Å². The molecule has 0 amide bonds. The predicted molar refractivity (Wildman–Crippen MR) is 63.4 cm³/mol. The zero-order valence-electron chi connectivity index (χ0n) is 7.98. The SMILES string of the molecule is Clc1c(-c2ccccc2)nc2n1CCS2. The fourth-order valence-corrected chi connectivity index (χ4v) is 3.04. The van der Waals surface area contributed by atoms with Crippen LogP contribution in [0.25, 0.3) is 11.3 Å². The van der Waals surface area contributed by atoms with E-state index >= 15 is 0 Å². The quantitative estimate of drug-likeness (QED) is 0.756. The minimum absolute atomic E-state index is 0.765. The average molecular weight is 237 g/mol. The summed E-state index contributed by atoms with van der Waals surface area (Å²) in [6, 6.07) is 10.1. The Bertz CT molecular complexity index is 493. The topological polar surface area (TPSA) is 17.8 Å². The van der Waals surface area contributed by atoms with Crippen LogP contribution in [0.1, 0.15) is 0 Å². The van der Waals surface area contributed by atoms with E-state index < -0.39 is 0 Å². The minimum Gasteiger partial charge on any atom is -0.309 e. The van der Waals surface area contributed by atoms with Gasteiger partial charge in [0.2, 0.25) is 0 Å². The summed E-state index contributed by atoms with van der Waals surface area (Å²) >= 11 is 8.06. The summed E-state index contributed by atoms with van der Waals surface area (Å²) in [6.45, 7) is 0.971. The van der Waals surface area contributed by atoms with Crippen molar-refractivity contribution in [1.29, 1.82) is 0 Å². The number of rotatable bonds is 1. The van der Waals surface area contributed by atoms with Crippen LogP contribution in [0.4, 0.5) is 0 Å². The van der Waals surface area contributed by atoms with Crippen molar-refractivity contribution in [3.8, 4) is 11.3 Å². The number of aromatic nitrogens is 2. The van der Waals surface area contributed by atoms with Gasteiger partial charge in [0, 0.05) is 17.9 Å². The Morgan fingerprint density at radius 2 is 2.07 bits per heavy atom. The molecule has 2 heterocycles. The van der Waals surface area contributed by atoms with E-state index in [0.29, 0.717) is 0 Å². The van der Waals surface area contributed by atoms with Crippen molar-refractivity contribution >= 4 is 23.4 Å². The van der Waals surface area contributed by atoms with Crippen LogP contribution in [0, 0.1) is 0 Å². The zero-order chi connectivity index (χ0) is 10.3. The molecule has 0 bridgehead atoms. The van der Waals surface area contributed by atoms with E-state index in [4.69, 9.17) is 11.6 Å². The van der Waals surface area contributed by atoms with Gasteiger partial charge in [-0.3, -0.25) is 0 Å². The van der Waals surface area contributed by atoms with E-state index in [1.165, 1.54) is 0 Å². The second kappa shape index (κ2) is 3.58. The molecule has 1 aromatic heterocycles. The Hall–Kier alpha value is -0.930. The van der Waals surface area contributed by atoms with Gasteiger partial charge in [-0.25, -0.2) is 4.98 Å². The molecular formula is C11H9ClN2S. The first-order valence-corrected chi connectivity index (χ1v) is 6.17. The molecule has 0 unspecified atom stereocenters. The molecule has 4 heteroatoms. The molecule has 0 atom stereocenters. The van der Waals surface area contributed by atoms with E-state index in [-0.39, 0.29) is 0 Å². The molecule has 15 heavy (non-hydrogen) atoms. The van der Waals surface area contributed by atoms with Gasteiger partial charge < -0.3 is 4.57 Å². The molecule has 1 aliphatic rings. The molecule has 3 rings (SSSR count). The molecule has 0 radical (unpaired) electrons. The Labute approximate surface area is 97.3 Å². The molecule has 0 N–H and O–H groups in total. The number of hydrogen-bond acceptors (Lipinski definition) is 2. The Balaban J connectivity index is 2.14. The van der Waals surface area contributed by atoms with Crippen molar-refractivity contribution in [3.05, 3.63) is 35.5 Å². The molecular weight excluding hydrogens is 228 g/mol. The van der Waals surface area contributed by atoms with Gasteiger partial charge >= 0.3 is 0 Å². The Morgan fingerprint density at radius 3 is 2.80 bits per heavy atom. The van der Waals surface area contributed by atoms with Crippen LogP contribution < -0.4 is 0 Å². The maximum absolute atomic E-state index is 6.29. The highest BCUT2D eigenvalue weighted by atomic mass is 35.5. The summed E-state index contributed by atoms with van der Waals surface area (Å²) in [7, 11) is 0. The number of fused-ring (bicyclic) bond motifs is 1. The summed E-state index contributed by atoms with van der Waals surface area (Å²) in [6.07, 6.45) is 0. The van der Waals surface area contributed by atoms with Crippen LogP contribution in [0.15, 0.2) is 35.5 Å². The van der Waals surface area contributed by atoms with Crippen molar-refractivity contribution in [2.75, 3.05) is 5.75 Å². The molecule has 76 valence electrons. The van der Waals surface area contributed by atoms with Crippen molar-refractivity contribution in [2.24, 2.45) is 0 Å². The third kappa shape index (κ3) is 1.46. The van der Waals surface area contributed by atoms with Crippen molar-refractivity contribution in [3.63, 3.8) is 0 Å². The predicted octanol–water partition coefficient (Wildman–Crippen LogP) is 3.31. The van der Waals surface area contributed by atoms with Gasteiger partial charge in [-0.05, 0) is 0 Å². The van der Waals surface area contributed by atoms with Crippen LogP contribution in [0.2, 0.25) is 5.15 Å². The van der Waals surface area contributed by atoms with Crippen molar-refractivity contribution in [2.45, 2.75) is 11.7 Å². The van der Waals surface area contributed by atoms with Crippen LogP contribution >= 0.6 is 23.4 Å². The molecule has 0 saturated carbocycles. The number of halogens is 1. The fraction of sp³-hybridized carbons (Fsp3) is 0.182. The molecule has 2 aromatic rings. The molecule has 2 nitrogen and oxygen atoms in total. The summed E-state index contributed by atoms with van der Waals surface area (Å²) in [5, 5.41) is 1.81. The molecule has 0 aliphatic carbocycles. The molecule has 1 aliphatic heterocycles. The lowest BCUT2D eigenvalue weighted by atomic mass is 10.2. The lowest BCUT2D eigenvalue weighted by Crippen LogP contribution is -1.92. The lowest BCUT2D eigenvalue weighted by Gasteiger charge is -1.99. The minimum atomic E-state index is 0.765. The maximum Gasteiger partial charge on any atom is 0.169 e. The monoisotopic (exact) mass is 236 g/mol. The Morgan fingerprint density at radius 1 is 1.27 bits per heavy atom. The van der Waals surface area contributed by atoms with Gasteiger partial charge in [0.15, 0.2) is 5.16 Å². The van der Waals surface area contributed by atoms with Gasteiger partial charge in [0.1, 0.15) is 10.8 Å². The van der Waals surface area contributed by atoms with Crippen molar-refractivity contribution < 1.29 is 0 Å². The highest BCUT2D eigenvalue weighted by Gasteiger charge is 2.20. The highest BCUT2D eigenvalue weighted by Crippen LogP contribution is 2.35. The van der Waals surface area contributed by atoms with E-state index in [0.717, 1.165) is 33.9 Å². The van der Waals surface area contributed by atoms with E-state index in [1.54, 1.807) is 11.8 Å². The zero-order valence-corrected chi connectivity index (χ0v) is 9.55. The molecule has 1 aromatic carbocycles. The van der Waals surface area contributed by atoms with Gasteiger partial charge in [-0.15, -0.1) is 0 Å². The largest absolute Gasteiger partial charge is 0.309 e. The lowest BCUT2D eigenvalue weighted by molar-refractivity contribution is 0.720. The fourth-order valence-electron chi connectivity index (χ4n) is 1.73. The van der Waals surface area contributed by atoms with Gasteiger partial charge in [0.05, 0.1) is 0 Å². The van der Waals surface area contributed by atoms with E-state index in [2.05, 4.69) is 9.55 Å². The van der Waals surface area contributed by atoms with Crippen LogP contribution in [0.3, 0.4) is 0 Å². The number of benzene rings is 1. The Kier molecular flexibility index (Phi) is 2.22. The standard InChI is InChI=1S/C11H9ClN2S/c12-10-9(8-4-2-1-3-5-8)13-11-14(10)6-7-15-11/h1-5H,6-7H2. The molecule has 0 saturated heterocycles. The first-order valence-electron chi connectivity index (χ1n) is 4.80. The van der Waals surface area contributed by atoms with Crippen LogP contribution in [0.5, 0.6) is 0 Å². The molecule has 0 fully saturated rings. The van der Waals surface area contributed by atoms with Gasteiger partial charge in [0.25, 0.3) is 0 Å². The third-order valence-electron chi connectivity index (χ3n) is 2.46. The molecule has 0 spiro atoms. The van der Waals surface area contributed by atoms with Crippen LogP contribution in [-0.4, -0.2) is 15.3 Å². The number of imidazole rings is 1. The van der Waals surface area contributed by atoms with Gasteiger partial charge in [-0.2, -0.15) is 0 Å². The second-order valence-corrected chi connectivity index (χ2v) is 4.82. The average Bonchev–Trinajstić information content (AvgIpc) is 2.83. The number of hydrogen-bond donors (Lipinski definition) is 0. The smallest absolute Gasteiger partial charge is 0.169 e. The first kappa shape index (κ1) is 9.31.